The van der Waals surface area contributed by atoms with Gasteiger partial charge in [-0.15, -0.1) is 0 Å². The molecule has 0 bridgehead atoms. The fourth-order valence-electron chi connectivity index (χ4n) is 2.14. The number of ketones is 1. The van der Waals surface area contributed by atoms with Crippen LogP contribution < -0.4 is 5.32 Å². The summed E-state index contributed by atoms with van der Waals surface area (Å²) in [5, 5.41) is 3.08. The Kier molecular flexibility index (Phi) is 2.85. The van der Waals surface area contributed by atoms with E-state index in [1.54, 1.807) is 0 Å². The number of carbonyl (C=O) groups excluding carboxylic acids is 1. The van der Waals surface area contributed by atoms with Crippen LogP contribution in [0.15, 0.2) is 30.3 Å². The van der Waals surface area contributed by atoms with E-state index in [1.165, 1.54) is 5.56 Å². The van der Waals surface area contributed by atoms with Crippen LogP contribution in [-0.4, -0.2) is 18.4 Å². The Morgan fingerprint density at radius 1 is 1.31 bits per heavy atom. The molecule has 2 rings (SSSR count). The lowest BCUT2D eigenvalue weighted by molar-refractivity contribution is -0.125. The van der Waals surface area contributed by atoms with Crippen LogP contribution in [0, 0.1) is 5.92 Å². The van der Waals surface area contributed by atoms with E-state index in [2.05, 4.69) is 17.4 Å². The van der Waals surface area contributed by atoms with Gasteiger partial charge in [0.05, 0.1) is 5.54 Å². The minimum Gasteiger partial charge on any atom is -0.308 e. The van der Waals surface area contributed by atoms with E-state index in [0.29, 0.717) is 11.7 Å². The minimum absolute atomic E-state index is 0.213. The van der Waals surface area contributed by atoms with Crippen molar-refractivity contribution in [2.24, 2.45) is 5.92 Å². The van der Waals surface area contributed by atoms with Gasteiger partial charge in [0.25, 0.3) is 0 Å². The van der Waals surface area contributed by atoms with Gasteiger partial charge >= 0.3 is 0 Å². The molecule has 0 radical (unpaired) electrons. The smallest absolute Gasteiger partial charge is 0.155 e. The van der Waals surface area contributed by atoms with E-state index in [9.17, 15) is 4.79 Å². The van der Waals surface area contributed by atoms with E-state index in [4.69, 9.17) is 0 Å². The summed E-state index contributed by atoms with van der Waals surface area (Å²) in [7, 11) is 1.85. The number of Topliss-reactive ketones (excluding diaryl/α,β-unsaturated/α-hetero) is 1. The maximum atomic E-state index is 12.2. The van der Waals surface area contributed by atoms with Crippen LogP contribution in [0.5, 0.6) is 0 Å². The number of likely N-dealkylation sites (N-methyl/N-ethyl adjacent to an activating group) is 1. The second-order valence-corrected chi connectivity index (χ2v) is 5.10. The van der Waals surface area contributed by atoms with Crippen molar-refractivity contribution >= 4 is 5.78 Å². The average molecular weight is 217 g/mol. The molecule has 0 amide bonds. The summed E-state index contributed by atoms with van der Waals surface area (Å²) in [6, 6.07) is 10.3. The lowest BCUT2D eigenvalue weighted by atomic mass is 9.94. The molecule has 86 valence electrons. The monoisotopic (exact) mass is 217 g/mol. The number of benzene rings is 1. The topological polar surface area (TPSA) is 29.1 Å². The van der Waals surface area contributed by atoms with Gasteiger partial charge in [0, 0.05) is 5.92 Å². The third-order valence-corrected chi connectivity index (χ3v) is 3.60. The van der Waals surface area contributed by atoms with Crippen LogP contribution in [0.1, 0.15) is 31.7 Å². The van der Waals surface area contributed by atoms with E-state index < -0.39 is 5.54 Å². The summed E-state index contributed by atoms with van der Waals surface area (Å²) >= 11 is 0. The molecule has 2 nitrogen and oxygen atoms in total. The molecule has 0 aromatic heterocycles. The maximum absolute atomic E-state index is 12.2. The molecule has 0 aliphatic heterocycles. The highest BCUT2D eigenvalue weighted by atomic mass is 16.1. The molecule has 1 saturated carbocycles. The van der Waals surface area contributed by atoms with Crippen LogP contribution in [0.2, 0.25) is 0 Å². The molecule has 1 aliphatic rings. The number of rotatable bonds is 4. The largest absolute Gasteiger partial charge is 0.308 e. The fraction of sp³-hybridized carbons (Fsp3) is 0.500. The van der Waals surface area contributed by atoms with Gasteiger partial charge in [-0.25, -0.2) is 0 Å². The number of carbonyl (C=O) groups is 1. The predicted octanol–water partition coefficient (Wildman–Crippen LogP) is 2.36. The average Bonchev–Trinajstić information content (AvgIpc) is 3.09. The van der Waals surface area contributed by atoms with Gasteiger partial charge in [-0.3, -0.25) is 4.79 Å². The molecule has 1 N–H and O–H groups in total. The Balaban J connectivity index is 2.05. The van der Waals surface area contributed by atoms with E-state index in [-0.39, 0.29) is 5.92 Å². The van der Waals surface area contributed by atoms with Crippen LogP contribution in [-0.2, 0) is 4.79 Å². The third kappa shape index (κ3) is 2.03. The van der Waals surface area contributed by atoms with Crippen molar-refractivity contribution in [2.75, 3.05) is 7.05 Å². The molecular formula is C14H19NO. The molecule has 2 unspecified atom stereocenters. The van der Waals surface area contributed by atoms with Gasteiger partial charge in [-0.1, -0.05) is 30.3 Å². The normalized spacial score (nSPS) is 24.2. The zero-order valence-corrected chi connectivity index (χ0v) is 10.2. The van der Waals surface area contributed by atoms with E-state index in [1.807, 2.05) is 39.1 Å². The van der Waals surface area contributed by atoms with Gasteiger partial charge in [-0.2, -0.15) is 0 Å². The molecule has 0 heterocycles. The lowest BCUT2D eigenvalue weighted by Crippen LogP contribution is -2.45. The summed E-state index contributed by atoms with van der Waals surface area (Å²) in [6.45, 7) is 3.91. The molecule has 1 fully saturated rings. The third-order valence-electron chi connectivity index (χ3n) is 3.60. The molecule has 1 aromatic rings. The van der Waals surface area contributed by atoms with Crippen LogP contribution in [0.3, 0.4) is 0 Å². The Hall–Kier alpha value is -1.15. The van der Waals surface area contributed by atoms with Crippen molar-refractivity contribution < 1.29 is 4.79 Å². The number of hydrogen-bond donors (Lipinski definition) is 1. The zero-order valence-electron chi connectivity index (χ0n) is 10.2. The summed E-state index contributed by atoms with van der Waals surface area (Å²) in [5.74, 6) is 0.995. The minimum atomic E-state index is -0.395. The molecule has 0 saturated heterocycles. The standard InChI is InChI=1S/C14H19NO/c1-14(2,15-3)13(16)12-9-11(12)10-7-5-4-6-8-10/h4-8,11-12,15H,9H2,1-3H3. The Bertz CT molecular complexity index is 383. The van der Waals surface area contributed by atoms with Gasteiger partial charge < -0.3 is 5.32 Å². The molecule has 16 heavy (non-hydrogen) atoms. The highest BCUT2D eigenvalue weighted by molar-refractivity contribution is 5.92. The number of nitrogens with one attached hydrogen (secondary N) is 1. The van der Waals surface area contributed by atoms with Crippen molar-refractivity contribution in [3.05, 3.63) is 35.9 Å². The highest BCUT2D eigenvalue weighted by Gasteiger charge is 2.47. The Morgan fingerprint density at radius 3 is 2.50 bits per heavy atom. The predicted molar refractivity (Wildman–Crippen MR) is 65.4 cm³/mol. The fourth-order valence-corrected chi connectivity index (χ4v) is 2.14. The molecule has 1 aliphatic carbocycles. The molecule has 2 heteroatoms. The first-order valence-electron chi connectivity index (χ1n) is 5.84. The molecule has 0 spiro atoms. The zero-order chi connectivity index (χ0) is 11.8. The first kappa shape index (κ1) is 11.3. The van der Waals surface area contributed by atoms with Crippen molar-refractivity contribution in [3.8, 4) is 0 Å². The maximum Gasteiger partial charge on any atom is 0.155 e. The molecule has 2 atom stereocenters. The SMILES string of the molecule is CNC(C)(C)C(=O)C1CC1c1ccccc1. The van der Waals surface area contributed by atoms with Gasteiger partial charge in [0.1, 0.15) is 0 Å². The van der Waals surface area contributed by atoms with Gasteiger partial charge in [-0.05, 0) is 38.8 Å². The first-order chi connectivity index (χ1) is 7.56. The van der Waals surface area contributed by atoms with Gasteiger partial charge in [0.2, 0.25) is 0 Å². The first-order valence-corrected chi connectivity index (χ1v) is 5.84. The quantitative estimate of drug-likeness (QED) is 0.838. The van der Waals surface area contributed by atoms with Crippen molar-refractivity contribution in [2.45, 2.75) is 31.7 Å². The molecular weight excluding hydrogens is 198 g/mol. The van der Waals surface area contributed by atoms with Crippen molar-refractivity contribution in [1.29, 1.82) is 0 Å². The summed E-state index contributed by atoms with van der Waals surface area (Å²) in [4.78, 5) is 12.2. The van der Waals surface area contributed by atoms with Crippen LogP contribution in [0.25, 0.3) is 0 Å². The second-order valence-electron chi connectivity index (χ2n) is 5.10. The van der Waals surface area contributed by atoms with Crippen molar-refractivity contribution in [1.82, 2.24) is 5.32 Å². The van der Waals surface area contributed by atoms with Crippen LogP contribution >= 0.6 is 0 Å². The second kappa shape index (κ2) is 4.02. The lowest BCUT2D eigenvalue weighted by Gasteiger charge is -2.22. The van der Waals surface area contributed by atoms with Crippen LogP contribution in [0.4, 0.5) is 0 Å². The summed E-state index contributed by atoms with van der Waals surface area (Å²) < 4.78 is 0. The van der Waals surface area contributed by atoms with E-state index >= 15 is 0 Å². The summed E-state index contributed by atoms with van der Waals surface area (Å²) in [6.07, 6.45) is 1.01. The van der Waals surface area contributed by atoms with Crippen molar-refractivity contribution in [3.63, 3.8) is 0 Å². The highest BCUT2D eigenvalue weighted by Crippen LogP contribution is 2.49. The van der Waals surface area contributed by atoms with Gasteiger partial charge in [0.15, 0.2) is 5.78 Å². The Labute approximate surface area is 97.1 Å². The summed E-state index contributed by atoms with van der Waals surface area (Å²) in [5.41, 5.74) is 0.904. The number of hydrogen-bond acceptors (Lipinski definition) is 2. The van der Waals surface area contributed by atoms with E-state index in [0.717, 1.165) is 6.42 Å². The molecule has 1 aromatic carbocycles. The Morgan fingerprint density at radius 2 is 1.94 bits per heavy atom.